The smallest absolute Gasteiger partial charge is 0.213 e. The Bertz CT molecular complexity index is 881. The van der Waals surface area contributed by atoms with E-state index in [9.17, 15) is 0 Å². The lowest BCUT2D eigenvalue weighted by atomic mass is 9.86. The van der Waals surface area contributed by atoms with Gasteiger partial charge in [-0.1, -0.05) is 32.0 Å². The summed E-state index contributed by atoms with van der Waals surface area (Å²) < 4.78 is 8.32. The molecule has 0 unspecified atom stereocenters. The molecule has 0 atom stereocenters. The standard InChI is InChI=1S/C23H28N4O/c1-3-17-8-12-19(13-9-17)27-21(4-2)25-26-23(27)18-10-14-20(15-11-18)28-22-7-5-6-16-24-22/h5-9,12-13,16,18,20H,3-4,10-11,14-15H2,1-2H3/t18-,20-. The SMILES string of the molecule is CCc1ccc(-n2c(CC)nnc2[C@H]2CC[C@H](Oc3ccccn3)CC2)cc1. The van der Waals surface area contributed by atoms with E-state index in [0.29, 0.717) is 5.92 Å². The highest BCUT2D eigenvalue weighted by atomic mass is 16.5. The first-order chi connectivity index (χ1) is 13.8. The van der Waals surface area contributed by atoms with E-state index in [1.807, 2.05) is 18.2 Å². The van der Waals surface area contributed by atoms with E-state index in [1.165, 1.54) is 11.3 Å². The molecule has 1 fully saturated rings. The highest BCUT2D eigenvalue weighted by Gasteiger charge is 2.28. The average molecular weight is 377 g/mol. The molecule has 0 amide bonds. The van der Waals surface area contributed by atoms with E-state index in [0.717, 1.165) is 56.1 Å². The van der Waals surface area contributed by atoms with Gasteiger partial charge in [-0.15, -0.1) is 10.2 Å². The maximum Gasteiger partial charge on any atom is 0.213 e. The van der Waals surface area contributed by atoms with E-state index in [4.69, 9.17) is 4.74 Å². The Hall–Kier alpha value is -2.69. The number of benzene rings is 1. The second kappa shape index (κ2) is 8.55. The Morgan fingerprint density at radius 2 is 1.71 bits per heavy atom. The van der Waals surface area contributed by atoms with Crippen molar-refractivity contribution < 1.29 is 4.74 Å². The van der Waals surface area contributed by atoms with Crippen molar-refractivity contribution in [2.24, 2.45) is 0 Å². The van der Waals surface area contributed by atoms with Gasteiger partial charge in [0.1, 0.15) is 17.8 Å². The quantitative estimate of drug-likeness (QED) is 0.614. The van der Waals surface area contributed by atoms with E-state index < -0.39 is 0 Å². The van der Waals surface area contributed by atoms with Gasteiger partial charge in [-0.3, -0.25) is 4.57 Å². The molecule has 1 saturated carbocycles. The zero-order valence-electron chi connectivity index (χ0n) is 16.7. The van der Waals surface area contributed by atoms with E-state index in [2.05, 4.69) is 57.9 Å². The minimum absolute atomic E-state index is 0.233. The lowest BCUT2D eigenvalue weighted by molar-refractivity contribution is 0.139. The first kappa shape index (κ1) is 18.7. The van der Waals surface area contributed by atoms with Crippen LogP contribution in [0.25, 0.3) is 5.69 Å². The van der Waals surface area contributed by atoms with E-state index in [-0.39, 0.29) is 6.10 Å². The third-order valence-corrected chi connectivity index (χ3v) is 5.64. The van der Waals surface area contributed by atoms with Gasteiger partial charge in [0.15, 0.2) is 0 Å². The molecule has 146 valence electrons. The minimum Gasteiger partial charge on any atom is -0.474 e. The van der Waals surface area contributed by atoms with Gasteiger partial charge in [-0.05, 0) is 55.9 Å². The van der Waals surface area contributed by atoms with Crippen LogP contribution in [0.4, 0.5) is 0 Å². The number of hydrogen-bond donors (Lipinski definition) is 0. The minimum atomic E-state index is 0.233. The summed E-state index contributed by atoms with van der Waals surface area (Å²) >= 11 is 0. The molecule has 28 heavy (non-hydrogen) atoms. The Morgan fingerprint density at radius 3 is 2.36 bits per heavy atom. The second-order valence-corrected chi connectivity index (χ2v) is 7.44. The normalized spacial score (nSPS) is 19.5. The summed E-state index contributed by atoms with van der Waals surface area (Å²) in [6.45, 7) is 4.32. The Balaban J connectivity index is 1.50. The van der Waals surface area contributed by atoms with Crippen LogP contribution in [0.5, 0.6) is 5.88 Å². The molecule has 1 aliphatic carbocycles. The average Bonchev–Trinajstić information content (AvgIpc) is 3.19. The van der Waals surface area contributed by atoms with Crippen molar-refractivity contribution >= 4 is 0 Å². The van der Waals surface area contributed by atoms with Crippen LogP contribution in [-0.4, -0.2) is 25.9 Å². The number of aryl methyl sites for hydroxylation is 2. The highest BCUT2D eigenvalue weighted by Crippen LogP contribution is 2.35. The van der Waals surface area contributed by atoms with Gasteiger partial charge in [0, 0.05) is 30.3 Å². The van der Waals surface area contributed by atoms with Crippen LogP contribution in [-0.2, 0) is 12.8 Å². The second-order valence-electron chi connectivity index (χ2n) is 7.44. The molecule has 2 aromatic heterocycles. The van der Waals surface area contributed by atoms with Crippen LogP contribution >= 0.6 is 0 Å². The summed E-state index contributed by atoms with van der Waals surface area (Å²) in [4.78, 5) is 4.28. The van der Waals surface area contributed by atoms with Crippen molar-refractivity contribution in [3.63, 3.8) is 0 Å². The van der Waals surface area contributed by atoms with Gasteiger partial charge in [0.2, 0.25) is 5.88 Å². The first-order valence-electron chi connectivity index (χ1n) is 10.4. The topological polar surface area (TPSA) is 52.8 Å². The molecule has 3 aromatic rings. The molecule has 0 radical (unpaired) electrons. The third kappa shape index (κ3) is 3.93. The number of hydrogen-bond acceptors (Lipinski definition) is 4. The van der Waals surface area contributed by atoms with Crippen LogP contribution in [0.2, 0.25) is 0 Å². The maximum atomic E-state index is 6.05. The van der Waals surface area contributed by atoms with Gasteiger partial charge in [0.25, 0.3) is 0 Å². The predicted octanol–water partition coefficient (Wildman–Crippen LogP) is 4.89. The van der Waals surface area contributed by atoms with E-state index in [1.54, 1.807) is 6.20 Å². The van der Waals surface area contributed by atoms with Gasteiger partial charge in [0.05, 0.1) is 0 Å². The van der Waals surface area contributed by atoms with Crippen LogP contribution in [0.1, 0.15) is 62.7 Å². The molecule has 1 aromatic carbocycles. The summed E-state index contributed by atoms with van der Waals surface area (Å²) in [5.74, 6) is 3.27. The summed E-state index contributed by atoms with van der Waals surface area (Å²) in [6.07, 6.45) is 8.10. The summed E-state index contributed by atoms with van der Waals surface area (Å²) in [5, 5.41) is 9.09. The Morgan fingerprint density at radius 1 is 0.929 bits per heavy atom. The van der Waals surface area contributed by atoms with E-state index >= 15 is 0 Å². The largest absolute Gasteiger partial charge is 0.474 e. The molecule has 1 aliphatic rings. The number of aromatic nitrogens is 4. The third-order valence-electron chi connectivity index (χ3n) is 5.64. The van der Waals surface area contributed by atoms with Crippen molar-refractivity contribution in [2.75, 3.05) is 0 Å². The predicted molar refractivity (Wildman–Crippen MR) is 110 cm³/mol. The molecule has 0 bridgehead atoms. The maximum absolute atomic E-state index is 6.05. The number of ether oxygens (including phenoxy) is 1. The number of pyridine rings is 1. The monoisotopic (exact) mass is 376 g/mol. The zero-order valence-corrected chi connectivity index (χ0v) is 16.7. The highest BCUT2D eigenvalue weighted by molar-refractivity contribution is 5.37. The van der Waals surface area contributed by atoms with Gasteiger partial charge < -0.3 is 4.74 Å². The molecule has 0 aliphatic heterocycles. The van der Waals surface area contributed by atoms with Crippen molar-refractivity contribution in [3.05, 3.63) is 65.9 Å². The molecule has 0 saturated heterocycles. The number of nitrogens with zero attached hydrogens (tertiary/aromatic N) is 4. The molecular weight excluding hydrogens is 348 g/mol. The van der Waals surface area contributed by atoms with Crippen molar-refractivity contribution in [1.29, 1.82) is 0 Å². The fourth-order valence-corrected chi connectivity index (χ4v) is 4.01. The Kier molecular flexibility index (Phi) is 5.70. The summed E-state index contributed by atoms with van der Waals surface area (Å²) in [5.41, 5.74) is 2.52. The van der Waals surface area contributed by atoms with Crippen LogP contribution in [0.3, 0.4) is 0 Å². The summed E-state index contributed by atoms with van der Waals surface area (Å²) in [6, 6.07) is 14.6. The fourth-order valence-electron chi connectivity index (χ4n) is 4.01. The van der Waals surface area contributed by atoms with Gasteiger partial charge >= 0.3 is 0 Å². The van der Waals surface area contributed by atoms with Crippen LogP contribution < -0.4 is 4.74 Å². The molecule has 4 rings (SSSR count). The first-order valence-corrected chi connectivity index (χ1v) is 10.4. The van der Waals surface area contributed by atoms with Gasteiger partial charge in [-0.25, -0.2) is 4.98 Å². The number of rotatable bonds is 6. The zero-order chi connectivity index (χ0) is 19.3. The van der Waals surface area contributed by atoms with Crippen LogP contribution in [0.15, 0.2) is 48.7 Å². The van der Waals surface area contributed by atoms with Gasteiger partial charge in [-0.2, -0.15) is 0 Å². The molecule has 5 nitrogen and oxygen atoms in total. The lowest BCUT2D eigenvalue weighted by Crippen LogP contribution is -2.25. The van der Waals surface area contributed by atoms with Crippen molar-refractivity contribution in [1.82, 2.24) is 19.7 Å². The van der Waals surface area contributed by atoms with Crippen molar-refractivity contribution in [3.8, 4) is 11.6 Å². The molecule has 5 heteroatoms. The molecule has 2 heterocycles. The molecule has 0 spiro atoms. The van der Waals surface area contributed by atoms with Crippen molar-refractivity contribution in [2.45, 2.75) is 64.4 Å². The molecular formula is C23H28N4O. The molecule has 0 N–H and O–H groups in total. The summed E-state index contributed by atoms with van der Waals surface area (Å²) in [7, 11) is 0. The fraction of sp³-hybridized carbons (Fsp3) is 0.435. The lowest BCUT2D eigenvalue weighted by Gasteiger charge is -2.28. The van der Waals surface area contributed by atoms with Crippen LogP contribution in [0, 0.1) is 0 Å². The Labute approximate surface area is 166 Å².